The molecule has 0 radical (unpaired) electrons. The minimum absolute atomic E-state index is 0.131. The van der Waals surface area contributed by atoms with Crippen LogP contribution in [0.5, 0.6) is 0 Å². The molecule has 1 aromatic carbocycles. The molecule has 0 bridgehead atoms. The van der Waals surface area contributed by atoms with E-state index in [1.165, 1.54) is 31.4 Å². The van der Waals surface area contributed by atoms with E-state index in [-0.39, 0.29) is 12.4 Å². The van der Waals surface area contributed by atoms with Gasteiger partial charge in [-0.05, 0) is 36.6 Å². The first-order chi connectivity index (χ1) is 9.20. The van der Waals surface area contributed by atoms with Gasteiger partial charge in [-0.1, -0.05) is 19.3 Å². The Bertz CT molecular complexity index is 405. The average Bonchev–Trinajstić information content (AvgIpc) is 2.43. The number of benzene rings is 1. The topological polar surface area (TPSA) is 49.5 Å². The first-order valence-corrected chi connectivity index (χ1v) is 7.09. The number of halogens is 1. The number of nitrogens with two attached hydrogens (primary N) is 1. The predicted molar refractivity (Wildman–Crippen MR) is 75.2 cm³/mol. The van der Waals surface area contributed by atoms with Crippen molar-refractivity contribution in [2.75, 3.05) is 18.9 Å². The second-order valence-corrected chi connectivity index (χ2v) is 5.33. The number of nitrogens with zero attached hydrogens (tertiary/aromatic N) is 1. The summed E-state index contributed by atoms with van der Waals surface area (Å²) in [6.07, 6.45) is 6.10. The lowest BCUT2D eigenvalue weighted by Crippen LogP contribution is -2.38. The van der Waals surface area contributed by atoms with Crippen LogP contribution < -0.4 is 5.73 Å². The summed E-state index contributed by atoms with van der Waals surface area (Å²) < 4.78 is 13.3. The summed E-state index contributed by atoms with van der Waals surface area (Å²) in [5, 5.41) is 9.22. The van der Waals surface area contributed by atoms with Crippen molar-refractivity contribution in [1.82, 2.24) is 4.90 Å². The molecule has 4 heteroatoms. The van der Waals surface area contributed by atoms with Crippen LogP contribution in [0.15, 0.2) is 18.2 Å². The van der Waals surface area contributed by atoms with Crippen molar-refractivity contribution in [3.8, 4) is 0 Å². The Balaban J connectivity index is 2.08. The lowest BCUT2D eigenvalue weighted by molar-refractivity contribution is 0.117. The van der Waals surface area contributed by atoms with Crippen molar-refractivity contribution in [3.63, 3.8) is 0 Å². The molecule has 0 heterocycles. The number of anilines is 1. The summed E-state index contributed by atoms with van der Waals surface area (Å²) in [4.78, 5) is 2.24. The van der Waals surface area contributed by atoms with Gasteiger partial charge in [-0.25, -0.2) is 4.39 Å². The van der Waals surface area contributed by atoms with Gasteiger partial charge in [0, 0.05) is 24.8 Å². The third-order valence-electron chi connectivity index (χ3n) is 3.96. The van der Waals surface area contributed by atoms with Gasteiger partial charge in [-0.15, -0.1) is 0 Å². The fourth-order valence-corrected chi connectivity index (χ4v) is 2.90. The second kappa shape index (κ2) is 6.87. The van der Waals surface area contributed by atoms with Crippen LogP contribution in [0.1, 0.15) is 37.7 Å². The number of aliphatic hydroxyl groups excluding tert-OH is 1. The van der Waals surface area contributed by atoms with Crippen molar-refractivity contribution in [2.24, 2.45) is 0 Å². The second-order valence-electron chi connectivity index (χ2n) is 5.33. The Hall–Kier alpha value is -1.13. The Morgan fingerprint density at radius 3 is 2.68 bits per heavy atom. The van der Waals surface area contributed by atoms with E-state index in [1.54, 1.807) is 6.07 Å². The quantitative estimate of drug-likeness (QED) is 0.805. The fraction of sp³-hybridized carbons (Fsp3) is 0.600. The van der Waals surface area contributed by atoms with Gasteiger partial charge in [0.25, 0.3) is 0 Å². The first-order valence-electron chi connectivity index (χ1n) is 7.09. The van der Waals surface area contributed by atoms with Crippen LogP contribution in [0.4, 0.5) is 10.1 Å². The van der Waals surface area contributed by atoms with Gasteiger partial charge < -0.3 is 10.8 Å². The number of hydrogen-bond donors (Lipinski definition) is 2. The zero-order chi connectivity index (χ0) is 13.7. The molecule has 0 spiro atoms. The molecule has 2 rings (SSSR count). The van der Waals surface area contributed by atoms with Crippen LogP contribution in [0.2, 0.25) is 0 Å². The van der Waals surface area contributed by atoms with Crippen molar-refractivity contribution < 1.29 is 9.50 Å². The SMILES string of the molecule is Nc1ccc(F)cc1CN(CCO)C1CCCCC1. The van der Waals surface area contributed by atoms with Crippen LogP contribution >= 0.6 is 0 Å². The Labute approximate surface area is 114 Å². The molecule has 1 aliphatic carbocycles. The third kappa shape index (κ3) is 3.91. The molecule has 0 amide bonds. The van der Waals surface area contributed by atoms with Gasteiger partial charge >= 0.3 is 0 Å². The minimum atomic E-state index is -0.253. The molecule has 1 aliphatic rings. The third-order valence-corrected chi connectivity index (χ3v) is 3.96. The Morgan fingerprint density at radius 1 is 1.26 bits per heavy atom. The highest BCUT2D eigenvalue weighted by molar-refractivity contribution is 5.46. The number of aliphatic hydroxyl groups is 1. The van der Waals surface area contributed by atoms with E-state index >= 15 is 0 Å². The highest BCUT2D eigenvalue weighted by Gasteiger charge is 2.21. The highest BCUT2D eigenvalue weighted by atomic mass is 19.1. The van der Waals surface area contributed by atoms with Gasteiger partial charge in [0.1, 0.15) is 5.82 Å². The van der Waals surface area contributed by atoms with Crippen molar-refractivity contribution in [1.29, 1.82) is 0 Å². The molecule has 3 N–H and O–H groups in total. The average molecular weight is 266 g/mol. The van der Waals surface area contributed by atoms with Crippen LogP contribution in [0.3, 0.4) is 0 Å². The zero-order valence-corrected chi connectivity index (χ0v) is 11.3. The smallest absolute Gasteiger partial charge is 0.123 e. The monoisotopic (exact) mass is 266 g/mol. The lowest BCUT2D eigenvalue weighted by Gasteiger charge is -2.34. The molecule has 1 aromatic rings. The maximum Gasteiger partial charge on any atom is 0.123 e. The van der Waals surface area contributed by atoms with E-state index in [1.807, 2.05) is 0 Å². The summed E-state index contributed by atoms with van der Waals surface area (Å²) in [7, 11) is 0. The van der Waals surface area contributed by atoms with Crippen molar-refractivity contribution in [2.45, 2.75) is 44.7 Å². The Kier molecular flexibility index (Phi) is 5.16. The van der Waals surface area contributed by atoms with E-state index < -0.39 is 0 Å². The van der Waals surface area contributed by atoms with Gasteiger partial charge in [0.2, 0.25) is 0 Å². The molecule has 0 unspecified atom stereocenters. The van der Waals surface area contributed by atoms with Crippen molar-refractivity contribution >= 4 is 5.69 Å². The van der Waals surface area contributed by atoms with Crippen LogP contribution in [-0.4, -0.2) is 29.2 Å². The molecule has 0 aromatic heterocycles. The maximum absolute atomic E-state index is 13.3. The highest BCUT2D eigenvalue weighted by Crippen LogP contribution is 2.25. The number of nitrogen functional groups attached to an aromatic ring is 1. The van der Waals surface area contributed by atoms with Crippen LogP contribution in [0.25, 0.3) is 0 Å². The summed E-state index contributed by atoms with van der Waals surface area (Å²) in [5.74, 6) is -0.253. The van der Waals surface area contributed by atoms with E-state index in [0.29, 0.717) is 24.8 Å². The maximum atomic E-state index is 13.3. The van der Waals surface area contributed by atoms with Crippen molar-refractivity contribution in [3.05, 3.63) is 29.6 Å². The largest absolute Gasteiger partial charge is 0.398 e. The van der Waals surface area contributed by atoms with E-state index in [9.17, 15) is 9.50 Å². The molecule has 0 aliphatic heterocycles. The summed E-state index contributed by atoms with van der Waals surface area (Å²) in [6, 6.07) is 4.99. The molecule has 3 nitrogen and oxygen atoms in total. The fourth-order valence-electron chi connectivity index (χ4n) is 2.90. The van der Waals surface area contributed by atoms with Gasteiger partial charge in [-0.3, -0.25) is 4.90 Å². The summed E-state index contributed by atoms with van der Waals surface area (Å²) in [6.45, 7) is 1.38. The Morgan fingerprint density at radius 2 is 2.00 bits per heavy atom. The molecule has 0 atom stereocenters. The minimum Gasteiger partial charge on any atom is -0.398 e. The standard InChI is InChI=1S/C15H23FN2O/c16-13-6-7-15(17)12(10-13)11-18(8-9-19)14-4-2-1-3-5-14/h6-7,10,14,19H,1-5,8-9,11,17H2. The van der Waals surface area contributed by atoms with Crippen LogP contribution in [0, 0.1) is 5.82 Å². The summed E-state index contributed by atoms with van der Waals surface area (Å²) in [5.41, 5.74) is 7.35. The van der Waals surface area contributed by atoms with Gasteiger partial charge in [-0.2, -0.15) is 0 Å². The predicted octanol–water partition coefficient (Wildman–Crippen LogP) is 2.53. The number of hydrogen-bond acceptors (Lipinski definition) is 3. The molecular formula is C15H23FN2O. The molecule has 19 heavy (non-hydrogen) atoms. The molecular weight excluding hydrogens is 243 g/mol. The first kappa shape index (κ1) is 14.3. The lowest BCUT2D eigenvalue weighted by atomic mass is 9.93. The molecule has 1 saturated carbocycles. The normalized spacial score (nSPS) is 17.0. The zero-order valence-electron chi connectivity index (χ0n) is 11.3. The van der Waals surface area contributed by atoms with Gasteiger partial charge in [0.05, 0.1) is 6.61 Å². The summed E-state index contributed by atoms with van der Waals surface area (Å²) >= 11 is 0. The molecule has 0 saturated heterocycles. The van der Waals surface area contributed by atoms with Gasteiger partial charge in [0.15, 0.2) is 0 Å². The molecule has 106 valence electrons. The van der Waals surface area contributed by atoms with Crippen LogP contribution in [-0.2, 0) is 6.54 Å². The molecule has 1 fully saturated rings. The van der Waals surface area contributed by atoms with E-state index in [0.717, 1.165) is 18.4 Å². The van der Waals surface area contributed by atoms with E-state index in [4.69, 9.17) is 5.73 Å². The number of rotatable bonds is 5. The van der Waals surface area contributed by atoms with E-state index in [2.05, 4.69) is 4.90 Å².